The van der Waals surface area contributed by atoms with Crippen molar-refractivity contribution in [3.63, 3.8) is 0 Å². The van der Waals surface area contributed by atoms with Crippen LogP contribution >= 0.6 is 11.3 Å². The second-order valence-electron chi connectivity index (χ2n) is 6.20. The smallest absolute Gasteiger partial charge is 0.263 e. The Morgan fingerprint density at radius 1 is 1.45 bits per heavy atom. The van der Waals surface area contributed by atoms with Gasteiger partial charge in [0.2, 0.25) is 5.91 Å². The maximum atomic E-state index is 12.5. The number of nitrogens with one attached hydrogen (secondary N) is 1. The van der Waals surface area contributed by atoms with Crippen LogP contribution in [0, 0.1) is 12.8 Å². The predicted molar refractivity (Wildman–Crippen MR) is 90.2 cm³/mol. The number of carbonyl (C=O) groups is 2. The summed E-state index contributed by atoms with van der Waals surface area (Å²) in [6, 6.07) is 4.07. The van der Waals surface area contributed by atoms with E-state index in [1.165, 1.54) is 11.3 Å². The minimum absolute atomic E-state index is 0.0669. The Labute approximate surface area is 136 Å². The van der Waals surface area contributed by atoms with Crippen molar-refractivity contribution >= 4 is 23.2 Å². The van der Waals surface area contributed by atoms with E-state index >= 15 is 0 Å². The fourth-order valence-corrected chi connectivity index (χ4v) is 3.78. The van der Waals surface area contributed by atoms with Gasteiger partial charge in [0.15, 0.2) is 0 Å². The van der Waals surface area contributed by atoms with Crippen molar-refractivity contribution in [3.05, 3.63) is 21.9 Å². The molecule has 1 fully saturated rings. The number of piperidine rings is 1. The molecule has 22 heavy (non-hydrogen) atoms. The number of aryl methyl sites for hydroxylation is 1. The first-order valence-electron chi connectivity index (χ1n) is 8.17. The molecule has 4 nitrogen and oxygen atoms in total. The molecule has 2 atom stereocenters. The maximum Gasteiger partial charge on any atom is 0.263 e. The summed E-state index contributed by atoms with van der Waals surface area (Å²) < 4.78 is 0. The van der Waals surface area contributed by atoms with Crippen molar-refractivity contribution in [3.8, 4) is 0 Å². The Kier molecular flexibility index (Phi) is 6.00. The van der Waals surface area contributed by atoms with Crippen LogP contribution in [-0.2, 0) is 4.79 Å². The van der Waals surface area contributed by atoms with E-state index in [4.69, 9.17) is 0 Å². The van der Waals surface area contributed by atoms with Crippen molar-refractivity contribution < 1.29 is 9.59 Å². The van der Waals surface area contributed by atoms with Gasteiger partial charge in [0.25, 0.3) is 5.91 Å². The van der Waals surface area contributed by atoms with Crippen LogP contribution in [0.25, 0.3) is 0 Å². The number of rotatable bonds is 5. The Hall–Kier alpha value is -1.36. The number of hydrogen-bond donors (Lipinski definition) is 1. The molecule has 1 saturated heterocycles. The molecule has 1 aromatic heterocycles. The van der Waals surface area contributed by atoms with Crippen molar-refractivity contribution in [2.75, 3.05) is 13.1 Å². The number of thiophene rings is 1. The van der Waals surface area contributed by atoms with Gasteiger partial charge in [-0.15, -0.1) is 11.3 Å². The van der Waals surface area contributed by atoms with E-state index in [9.17, 15) is 9.59 Å². The molecule has 2 heterocycles. The molecule has 1 N–H and O–H groups in total. The minimum Gasteiger partial charge on any atom is -0.353 e. The van der Waals surface area contributed by atoms with Gasteiger partial charge in [0, 0.05) is 24.0 Å². The number of carbonyl (C=O) groups excluding carboxylic acids is 2. The molecular formula is C17H26N2O2S. The number of likely N-dealkylation sites (tertiary alicyclic amines) is 1. The van der Waals surface area contributed by atoms with Gasteiger partial charge in [0.1, 0.15) is 0 Å². The molecule has 2 amide bonds. The van der Waals surface area contributed by atoms with Gasteiger partial charge in [-0.05, 0) is 45.2 Å². The highest BCUT2D eigenvalue weighted by Crippen LogP contribution is 2.22. The van der Waals surface area contributed by atoms with Gasteiger partial charge in [-0.2, -0.15) is 0 Å². The van der Waals surface area contributed by atoms with Gasteiger partial charge < -0.3 is 10.2 Å². The second-order valence-corrected chi connectivity index (χ2v) is 7.49. The van der Waals surface area contributed by atoms with Crippen molar-refractivity contribution in [2.45, 2.75) is 52.5 Å². The highest BCUT2D eigenvalue weighted by Gasteiger charge is 2.29. The van der Waals surface area contributed by atoms with Crippen LogP contribution in [0.15, 0.2) is 12.1 Å². The summed E-state index contributed by atoms with van der Waals surface area (Å²) in [5, 5.41) is 3.08. The van der Waals surface area contributed by atoms with Crippen LogP contribution in [0.5, 0.6) is 0 Å². The van der Waals surface area contributed by atoms with Gasteiger partial charge in [-0.25, -0.2) is 0 Å². The lowest BCUT2D eigenvalue weighted by Crippen LogP contribution is -2.47. The lowest BCUT2D eigenvalue weighted by Gasteiger charge is -2.32. The normalized spacial score (nSPS) is 19.8. The number of hydrogen-bond acceptors (Lipinski definition) is 3. The molecule has 5 heteroatoms. The zero-order valence-electron chi connectivity index (χ0n) is 13.7. The van der Waals surface area contributed by atoms with Crippen LogP contribution in [-0.4, -0.2) is 35.8 Å². The third-order valence-corrected chi connectivity index (χ3v) is 5.13. The first-order valence-corrected chi connectivity index (χ1v) is 8.99. The average molecular weight is 322 g/mol. The summed E-state index contributed by atoms with van der Waals surface area (Å²) in [5.74, 6) is 0.0936. The Bertz CT molecular complexity index is 526. The van der Waals surface area contributed by atoms with Crippen LogP contribution < -0.4 is 5.32 Å². The zero-order chi connectivity index (χ0) is 16.1. The molecule has 122 valence electrons. The molecule has 1 aliphatic rings. The lowest BCUT2D eigenvalue weighted by atomic mass is 9.96. The highest BCUT2D eigenvalue weighted by molar-refractivity contribution is 7.13. The monoisotopic (exact) mass is 322 g/mol. The Morgan fingerprint density at radius 3 is 2.86 bits per heavy atom. The van der Waals surface area contributed by atoms with Crippen LogP contribution in [0.2, 0.25) is 0 Å². The first-order chi connectivity index (χ1) is 10.5. The van der Waals surface area contributed by atoms with Crippen molar-refractivity contribution in [1.82, 2.24) is 10.2 Å². The molecule has 0 spiro atoms. The standard InChI is InChI=1S/C17H26N2O2S/c1-4-6-12(2)18-16(20)14-7-5-10-19(11-14)17(21)15-9-8-13(3)22-15/h8-9,12,14H,4-7,10-11H2,1-3H3,(H,18,20)/t12-,14+/m1/s1. The van der Waals surface area contributed by atoms with Gasteiger partial charge in [-0.1, -0.05) is 13.3 Å². The molecule has 1 aromatic rings. The molecule has 1 aliphatic heterocycles. The van der Waals surface area contributed by atoms with E-state index in [2.05, 4.69) is 12.2 Å². The lowest BCUT2D eigenvalue weighted by molar-refractivity contribution is -0.127. The molecule has 0 saturated carbocycles. The topological polar surface area (TPSA) is 49.4 Å². The predicted octanol–water partition coefficient (Wildman–Crippen LogP) is 3.21. The Morgan fingerprint density at radius 2 is 2.23 bits per heavy atom. The maximum absolute atomic E-state index is 12.5. The van der Waals surface area contributed by atoms with E-state index in [0.29, 0.717) is 6.54 Å². The van der Waals surface area contributed by atoms with Crippen molar-refractivity contribution in [2.24, 2.45) is 5.92 Å². The zero-order valence-corrected chi connectivity index (χ0v) is 14.5. The summed E-state index contributed by atoms with van der Waals surface area (Å²) in [5.41, 5.74) is 0. The summed E-state index contributed by atoms with van der Waals surface area (Å²) in [4.78, 5) is 28.6. The van der Waals surface area contributed by atoms with E-state index in [1.54, 1.807) is 0 Å². The van der Waals surface area contributed by atoms with E-state index in [-0.39, 0.29) is 23.8 Å². The number of nitrogens with zero attached hydrogens (tertiary/aromatic N) is 1. The summed E-state index contributed by atoms with van der Waals surface area (Å²) in [6.45, 7) is 7.46. The molecule has 0 bridgehead atoms. The SMILES string of the molecule is CCC[C@@H](C)NC(=O)[C@H]1CCCN(C(=O)c2ccc(C)s2)C1. The van der Waals surface area contributed by atoms with E-state index in [1.807, 2.05) is 30.9 Å². The Balaban J connectivity index is 1.93. The second kappa shape index (κ2) is 7.77. The van der Waals surface area contributed by atoms with Crippen molar-refractivity contribution in [1.29, 1.82) is 0 Å². The van der Waals surface area contributed by atoms with Gasteiger partial charge in [-0.3, -0.25) is 9.59 Å². The summed E-state index contributed by atoms with van der Waals surface area (Å²) in [6.07, 6.45) is 3.83. The first kappa shape index (κ1) is 17.0. The van der Waals surface area contributed by atoms with Crippen LogP contribution in [0.4, 0.5) is 0 Å². The number of amides is 2. The van der Waals surface area contributed by atoms with E-state index < -0.39 is 0 Å². The quantitative estimate of drug-likeness (QED) is 0.905. The molecule has 0 aliphatic carbocycles. The summed E-state index contributed by atoms with van der Waals surface area (Å²) in [7, 11) is 0. The molecule has 0 unspecified atom stereocenters. The van der Waals surface area contributed by atoms with Crippen LogP contribution in [0.3, 0.4) is 0 Å². The average Bonchev–Trinajstić information content (AvgIpc) is 2.93. The summed E-state index contributed by atoms with van der Waals surface area (Å²) >= 11 is 1.52. The highest BCUT2D eigenvalue weighted by atomic mass is 32.1. The van der Waals surface area contributed by atoms with Gasteiger partial charge >= 0.3 is 0 Å². The fourth-order valence-electron chi connectivity index (χ4n) is 2.95. The molecule has 2 rings (SSSR count). The largest absolute Gasteiger partial charge is 0.353 e. The van der Waals surface area contributed by atoms with Gasteiger partial charge in [0.05, 0.1) is 10.8 Å². The molecular weight excluding hydrogens is 296 g/mol. The fraction of sp³-hybridized carbons (Fsp3) is 0.647. The minimum atomic E-state index is -0.0712. The van der Waals surface area contributed by atoms with Crippen LogP contribution in [0.1, 0.15) is 54.1 Å². The third kappa shape index (κ3) is 4.32. The molecule has 0 radical (unpaired) electrons. The molecule has 0 aromatic carbocycles. The van der Waals surface area contributed by atoms with E-state index in [0.717, 1.165) is 42.0 Å². The third-order valence-electron chi connectivity index (χ3n) is 4.14.